The van der Waals surface area contributed by atoms with Crippen LogP contribution in [-0.2, 0) is 24.7 Å². The smallest absolute Gasteiger partial charge is 0.222 e. The number of nitrogens with zero attached hydrogens (tertiary/aromatic N) is 5. The number of amides is 1. The Hall–Kier alpha value is -2.37. The lowest BCUT2D eigenvalue weighted by Gasteiger charge is -2.20. The van der Waals surface area contributed by atoms with Crippen molar-refractivity contribution in [2.75, 3.05) is 31.6 Å². The number of rotatable bonds is 10. The molecule has 0 saturated carbocycles. The van der Waals surface area contributed by atoms with E-state index in [1.165, 1.54) is 16.8 Å². The summed E-state index contributed by atoms with van der Waals surface area (Å²) >= 11 is 0. The van der Waals surface area contributed by atoms with Crippen LogP contribution in [0.4, 0.5) is 5.82 Å². The first kappa shape index (κ1) is 21.9. The van der Waals surface area contributed by atoms with Gasteiger partial charge in [-0.15, -0.1) is 0 Å². The Bertz CT molecular complexity index is 779. The number of carbonyl (C=O) groups excluding carboxylic acids is 1. The molecule has 0 aromatic carbocycles. The molecule has 0 aliphatic rings. The number of aryl methyl sites for hydroxylation is 3. The zero-order valence-electron chi connectivity index (χ0n) is 18.3. The first-order valence-electron chi connectivity index (χ1n) is 10.3. The van der Waals surface area contributed by atoms with E-state index in [1.54, 1.807) is 0 Å². The molecule has 2 rings (SSSR count). The third kappa shape index (κ3) is 5.57. The van der Waals surface area contributed by atoms with Crippen LogP contribution in [0.3, 0.4) is 0 Å². The van der Waals surface area contributed by atoms with Crippen molar-refractivity contribution in [1.82, 2.24) is 19.7 Å². The van der Waals surface area contributed by atoms with E-state index in [0.29, 0.717) is 6.42 Å². The Kier molecular flexibility index (Phi) is 8.03. The molecular weight excluding hydrogens is 350 g/mol. The van der Waals surface area contributed by atoms with Crippen LogP contribution in [0.1, 0.15) is 49.2 Å². The Morgan fingerprint density at radius 1 is 1.18 bits per heavy atom. The third-order valence-electron chi connectivity index (χ3n) is 5.53. The van der Waals surface area contributed by atoms with Crippen LogP contribution < -0.4 is 4.90 Å². The van der Waals surface area contributed by atoms with Crippen LogP contribution in [0.5, 0.6) is 0 Å². The molecule has 2 aromatic heterocycles. The predicted molar refractivity (Wildman–Crippen MR) is 115 cm³/mol. The first-order valence-corrected chi connectivity index (χ1v) is 10.3. The summed E-state index contributed by atoms with van der Waals surface area (Å²) < 4.78 is 1.93. The lowest BCUT2D eigenvalue weighted by molar-refractivity contribution is -0.129. The number of carbonyl (C=O) groups is 1. The standard InChI is InChI=1S/C22H35N5O/c1-7-27(8-2)21-16-19(13-14-23-21)11-12-22(28)25(5)15-9-10-20-17(3)24-26(6)18(20)4/h13-14,16H,7-12,15H2,1-6H3. The summed E-state index contributed by atoms with van der Waals surface area (Å²) in [4.78, 5) is 21.0. The lowest BCUT2D eigenvalue weighted by atomic mass is 10.1. The molecule has 0 N–H and O–H groups in total. The molecule has 2 aromatic rings. The van der Waals surface area contributed by atoms with Crippen molar-refractivity contribution >= 4 is 11.7 Å². The number of pyridine rings is 1. The Morgan fingerprint density at radius 2 is 1.89 bits per heavy atom. The minimum Gasteiger partial charge on any atom is -0.357 e. The molecular formula is C22H35N5O. The summed E-state index contributed by atoms with van der Waals surface area (Å²) in [6.07, 6.45) is 5.04. The van der Waals surface area contributed by atoms with Gasteiger partial charge in [0.05, 0.1) is 5.69 Å². The summed E-state index contributed by atoms with van der Waals surface area (Å²) in [5.41, 5.74) is 4.79. The van der Waals surface area contributed by atoms with Gasteiger partial charge in [0.15, 0.2) is 0 Å². The van der Waals surface area contributed by atoms with Crippen LogP contribution in [0.25, 0.3) is 0 Å². The average Bonchev–Trinajstić information content (AvgIpc) is 2.93. The molecule has 0 aliphatic heterocycles. The Balaban J connectivity index is 1.82. The van der Waals surface area contributed by atoms with Crippen LogP contribution in [0, 0.1) is 13.8 Å². The quantitative estimate of drug-likeness (QED) is 0.630. The van der Waals surface area contributed by atoms with Gasteiger partial charge in [-0.1, -0.05) is 0 Å². The second-order valence-electron chi connectivity index (χ2n) is 7.39. The van der Waals surface area contributed by atoms with E-state index in [4.69, 9.17) is 0 Å². The van der Waals surface area contributed by atoms with Crippen molar-refractivity contribution in [3.8, 4) is 0 Å². The number of hydrogen-bond acceptors (Lipinski definition) is 4. The van der Waals surface area contributed by atoms with Gasteiger partial charge in [-0.05, 0) is 70.2 Å². The van der Waals surface area contributed by atoms with E-state index >= 15 is 0 Å². The Morgan fingerprint density at radius 3 is 2.50 bits per heavy atom. The van der Waals surface area contributed by atoms with E-state index in [1.807, 2.05) is 35.9 Å². The van der Waals surface area contributed by atoms with Crippen LogP contribution >= 0.6 is 0 Å². The summed E-state index contributed by atoms with van der Waals surface area (Å²) in [7, 11) is 3.88. The second kappa shape index (κ2) is 10.2. The highest BCUT2D eigenvalue weighted by Gasteiger charge is 2.12. The van der Waals surface area contributed by atoms with Gasteiger partial charge < -0.3 is 9.80 Å². The average molecular weight is 386 g/mol. The van der Waals surface area contributed by atoms with E-state index in [-0.39, 0.29) is 5.91 Å². The minimum atomic E-state index is 0.195. The summed E-state index contributed by atoms with van der Waals surface area (Å²) in [6.45, 7) is 11.1. The monoisotopic (exact) mass is 385 g/mol. The molecule has 0 bridgehead atoms. The van der Waals surface area contributed by atoms with Crippen LogP contribution in [0.2, 0.25) is 0 Å². The number of anilines is 1. The molecule has 0 aliphatic carbocycles. The van der Waals surface area contributed by atoms with Crippen molar-refractivity contribution in [2.24, 2.45) is 7.05 Å². The maximum Gasteiger partial charge on any atom is 0.222 e. The number of hydrogen-bond donors (Lipinski definition) is 0. The van der Waals surface area contributed by atoms with Crippen molar-refractivity contribution in [1.29, 1.82) is 0 Å². The van der Waals surface area contributed by atoms with Gasteiger partial charge in [-0.25, -0.2) is 4.98 Å². The zero-order valence-corrected chi connectivity index (χ0v) is 18.3. The van der Waals surface area contributed by atoms with E-state index in [2.05, 4.69) is 48.7 Å². The molecule has 28 heavy (non-hydrogen) atoms. The molecule has 0 saturated heterocycles. The van der Waals surface area contributed by atoms with Gasteiger partial charge in [0.25, 0.3) is 0 Å². The normalized spacial score (nSPS) is 10.9. The predicted octanol–water partition coefficient (Wildman–Crippen LogP) is 3.30. The fourth-order valence-corrected chi connectivity index (χ4v) is 3.58. The third-order valence-corrected chi connectivity index (χ3v) is 5.53. The molecule has 0 fully saturated rings. The second-order valence-corrected chi connectivity index (χ2v) is 7.39. The van der Waals surface area contributed by atoms with Gasteiger partial charge in [0.1, 0.15) is 5.82 Å². The summed E-state index contributed by atoms with van der Waals surface area (Å²) in [6, 6.07) is 4.11. The minimum absolute atomic E-state index is 0.195. The highest BCUT2D eigenvalue weighted by molar-refractivity contribution is 5.76. The number of aromatic nitrogens is 3. The maximum absolute atomic E-state index is 12.5. The molecule has 6 heteroatoms. The molecule has 0 spiro atoms. The van der Waals surface area contributed by atoms with E-state index in [9.17, 15) is 4.79 Å². The molecule has 154 valence electrons. The van der Waals surface area contributed by atoms with Crippen molar-refractivity contribution in [3.63, 3.8) is 0 Å². The molecule has 2 heterocycles. The van der Waals surface area contributed by atoms with Gasteiger partial charge in [-0.3, -0.25) is 9.48 Å². The fourth-order valence-electron chi connectivity index (χ4n) is 3.58. The molecule has 6 nitrogen and oxygen atoms in total. The first-order chi connectivity index (χ1) is 13.4. The van der Waals surface area contributed by atoms with Gasteiger partial charge in [0, 0.05) is 52.0 Å². The van der Waals surface area contributed by atoms with Crippen molar-refractivity contribution in [3.05, 3.63) is 40.8 Å². The largest absolute Gasteiger partial charge is 0.357 e. The van der Waals surface area contributed by atoms with Gasteiger partial charge >= 0.3 is 0 Å². The SMILES string of the molecule is CCN(CC)c1cc(CCC(=O)N(C)CCCc2c(C)nn(C)c2C)ccn1. The van der Waals surface area contributed by atoms with E-state index in [0.717, 1.165) is 50.4 Å². The fraction of sp³-hybridized carbons (Fsp3) is 0.591. The van der Waals surface area contributed by atoms with Crippen LogP contribution in [-0.4, -0.2) is 52.3 Å². The van der Waals surface area contributed by atoms with Gasteiger partial charge in [-0.2, -0.15) is 5.10 Å². The summed E-state index contributed by atoms with van der Waals surface area (Å²) in [5, 5.41) is 4.47. The van der Waals surface area contributed by atoms with Crippen LogP contribution in [0.15, 0.2) is 18.3 Å². The highest BCUT2D eigenvalue weighted by Crippen LogP contribution is 2.16. The summed E-state index contributed by atoms with van der Waals surface area (Å²) in [5.74, 6) is 1.19. The Labute approximate surface area is 169 Å². The molecule has 1 amide bonds. The van der Waals surface area contributed by atoms with Crippen molar-refractivity contribution in [2.45, 2.75) is 53.4 Å². The molecule has 0 radical (unpaired) electrons. The molecule has 0 unspecified atom stereocenters. The highest BCUT2D eigenvalue weighted by atomic mass is 16.2. The van der Waals surface area contributed by atoms with E-state index < -0.39 is 0 Å². The van der Waals surface area contributed by atoms with Gasteiger partial charge in [0.2, 0.25) is 5.91 Å². The maximum atomic E-state index is 12.5. The molecule has 0 atom stereocenters. The zero-order chi connectivity index (χ0) is 20.7. The lowest BCUT2D eigenvalue weighted by Crippen LogP contribution is -2.28. The van der Waals surface area contributed by atoms with Crippen molar-refractivity contribution < 1.29 is 4.79 Å². The topological polar surface area (TPSA) is 54.3 Å².